The van der Waals surface area contributed by atoms with Crippen LogP contribution in [0.25, 0.3) is 21.8 Å². The Labute approximate surface area is 658 Å². The Bertz CT molecular complexity index is 4240. The van der Waals surface area contributed by atoms with Gasteiger partial charge in [0.15, 0.2) is 0 Å². The van der Waals surface area contributed by atoms with Crippen molar-refractivity contribution in [3.8, 4) is 0 Å². The van der Waals surface area contributed by atoms with Crippen LogP contribution >= 0.6 is 0 Å². The predicted octanol–water partition coefficient (Wildman–Crippen LogP) is -2.12. The first-order valence-corrected chi connectivity index (χ1v) is 37.8. The topological polar surface area (TPSA) is 589 Å². The number of nitrogens with two attached hydrogens (primary N) is 1. The summed E-state index contributed by atoms with van der Waals surface area (Å²) in [5, 5.41) is 67.6. The van der Waals surface area contributed by atoms with Crippen molar-refractivity contribution in [2.24, 2.45) is 23.5 Å². The number of nitrogens with one attached hydrogen (secondary N) is 17. The van der Waals surface area contributed by atoms with Crippen molar-refractivity contribution in [3.05, 3.63) is 90.3 Å². The van der Waals surface area contributed by atoms with E-state index in [1.165, 1.54) is 19.4 Å². The molecule has 114 heavy (non-hydrogen) atoms. The van der Waals surface area contributed by atoms with Crippen molar-refractivity contribution in [3.63, 3.8) is 0 Å². The van der Waals surface area contributed by atoms with Crippen LogP contribution in [0.1, 0.15) is 144 Å². The van der Waals surface area contributed by atoms with Crippen molar-refractivity contribution in [2.45, 2.75) is 231 Å². The molecule has 2 aromatic carbocycles. The number of carboxylic acids is 2. The summed E-state index contributed by atoms with van der Waals surface area (Å²) in [5.41, 5.74) is 7.16. The Kier molecular flexibility index (Phi) is 34.1. The molecule has 1 fully saturated rings. The van der Waals surface area contributed by atoms with Crippen LogP contribution in [0.3, 0.4) is 0 Å². The van der Waals surface area contributed by atoms with E-state index in [1.54, 1.807) is 123 Å². The fourth-order valence-corrected chi connectivity index (χ4v) is 12.7. The molecule has 1 aliphatic rings. The molecule has 0 radical (unpaired) electrons. The molecular formula is C76H109N19O19. The van der Waals surface area contributed by atoms with E-state index >= 15 is 9.59 Å². The summed E-state index contributed by atoms with van der Waals surface area (Å²) in [6.45, 7) is 16.1. The molecule has 1 aliphatic heterocycles. The molecule has 622 valence electrons. The Morgan fingerprint density at radius 2 is 1.10 bits per heavy atom. The third-order valence-electron chi connectivity index (χ3n) is 18.5. The maximum atomic E-state index is 15.0. The number of H-pyrrole nitrogens is 3. The Morgan fingerprint density at radius 1 is 0.579 bits per heavy atom. The van der Waals surface area contributed by atoms with Gasteiger partial charge in [-0.2, -0.15) is 0 Å². The van der Waals surface area contributed by atoms with Gasteiger partial charge in [0.25, 0.3) is 0 Å². The third kappa shape index (κ3) is 28.7. The summed E-state index contributed by atoms with van der Waals surface area (Å²) in [6, 6.07) is -5.32. The molecular weight excluding hydrogens is 1480 g/mol. The van der Waals surface area contributed by atoms with Gasteiger partial charge in [0.05, 0.1) is 43.6 Å². The highest BCUT2D eigenvalue weighted by molar-refractivity contribution is 6.01. The maximum absolute atomic E-state index is 15.0. The normalized spacial score (nSPS) is 22.9. The summed E-state index contributed by atoms with van der Waals surface area (Å²) in [4.78, 5) is 239. The Morgan fingerprint density at radius 3 is 1.61 bits per heavy atom. The van der Waals surface area contributed by atoms with Gasteiger partial charge in [-0.1, -0.05) is 77.9 Å². The number of aromatic amines is 3. The fourth-order valence-electron chi connectivity index (χ4n) is 12.7. The standard InChI is InChI=1S/C76H109N19O19/c1-37(2)25-51-66(105)82-35-59(98)85-50(22-23-60(99)100)67(106)89-52(26-38(3)4)73(112)93-62(39(5)6)75(114)92-54(28-43-33-81-48-20-15-13-18-46(43)48)70(109)86-49(68(107)94-63(41(8)96)64(77)103)21-16-24-79-58(97)30-56(91-74(113)57(31-61(101)102)95-76(9,10)11)69(108)84-40(7)65(104)87-53(27-42-32-80-47-19-14-12-17-45(42)47)71(110)90-55(72(111)88-51)29-44-34-78-36-83-44/h12-15,17-20,32-34,36-41,49-57,62-63,80-81,95-96H,16,21-31,35H2,1-11H3,(H2,77,103)(H,78,83)(H,79,97)(H,82,105)(H,84,108)(H,85,98)(H,86,109)(H,87,104)(H,88,111)(H,89,106)(H,90,110)(H,91,113)(H,92,114)(H,93,112)(H,94,107)(H,99,100)(H,101,102)/t40-,41+,49-,50-,51-,52-,53-,54-,55-,56-,57-,62-,63-/m0/s1. The van der Waals surface area contributed by atoms with Gasteiger partial charge in [0.2, 0.25) is 82.7 Å². The second kappa shape index (κ2) is 42.7. The van der Waals surface area contributed by atoms with Crippen molar-refractivity contribution >= 4 is 116 Å². The molecule has 0 spiro atoms. The molecule has 1 saturated heterocycles. The van der Waals surface area contributed by atoms with Crippen molar-refractivity contribution in [2.75, 3.05) is 13.1 Å². The van der Waals surface area contributed by atoms with Gasteiger partial charge in [-0.25, -0.2) is 4.98 Å². The van der Waals surface area contributed by atoms with Crippen LogP contribution in [0.4, 0.5) is 0 Å². The zero-order valence-electron chi connectivity index (χ0n) is 65.8. The van der Waals surface area contributed by atoms with Crippen molar-refractivity contribution < 1.29 is 92.0 Å². The molecule has 14 amide bonds. The number of rotatable bonds is 23. The zero-order valence-corrected chi connectivity index (χ0v) is 65.8. The van der Waals surface area contributed by atoms with Crippen molar-refractivity contribution in [1.82, 2.24) is 94.4 Å². The monoisotopic (exact) mass is 1590 g/mol. The number of carbonyl (C=O) groups excluding carboxylic acids is 14. The Balaban J connectivity index is 1.44. The number of benzene rings is 2. The molecule has 4 heterocycles. The van der Waals surface area contributed by atoms with Gasteiger partial charge in [0.1, 0.15) is 66.5 Å². The lowest BCUT2D eigenvalue weighted by Crippen LogP contribution is -2.61. The highest BCUT2D eigenvalue weighted by atomic mass is 16.4. The number of hydrogen-bond donors (Lipinski definition) is 21. The summed E-state index contributed by atoms with van der Waals surface area (Å²) in [5.74, 6) is -18.5. The van der Waals surface area contributed by atoms with Crippen LogP contribution in [-0.2, 0) is 96.0 Å². The number of aliphatic carboxylic acids is 2. The van der Waals surface area contributed by atoms with E-state index in [9.17, 15) is 82.4 Å². The van der Waals surface area contributed by atoms with Gasteiger partial charge in [-0.05, 0) is 108 Å². The number of carboxylic acid groups (broad SMARTS) is 2. The first-order valence-electron chi connectivity index (χ1n) is 37.8. The minimum absolute atomic E-state index is 0.0614. The maximum Gasteiger partial charge on any atom is 0.305 e. The lowest BCUT2D eigenvalue weighted by Gasteiger charge is -2.29. The van der Waals surface area contributed by atoms with Crippen LogP contribution in [0.5, 0.6) is 0 Å². The number of imidazole rings is 1. The molecule has 3 aromatic heterocycles. The Hall–Kier alpha value is -11.8. The summed E-state index contributed by atoms with van der Waals surface area (Å²) in [7, 11) is 0. The molecule has 22 N–H and O–H groups in total. The average Bonchev–Trinajstić information content (AvgIpc) is 1.61. The van der Waals surface area contributed by atoms with Crippen LogP contribution in [0, 0.1) is 17.8 Å². The number of aliphatic hydroxyl groups is 1. The second-order valence-corrected chi connectivity index (χ2v) is 30.7. The first kappa shape index (κ1) is 91.1. The molecule has 0 bridgehead atoms. The summed E-state index contributed by atoms with van der Waals surface area (Å²) >= 11 is 0. The SMILES string of the molecule is CC(C)C[C@@H]1NC(=O)[C@H](Cc2c[nH]cn2)NC(=O)[C@H](Cc2c[nH]c3ccccc23)NC(=O)[C@H](C)NC(=O)[C@@H](NC(=O)[C@H](CC(=O)O)NC(C)(C)C)CC(=O)NCCC[C@@H](C(=O)N[C@H](C(N)=O)[C@@H](C)O)NC(=O)[C@H](Cc2c[nH]c3ccccc23)NC(=O)[C@H](C(C)C)NC(=O)[C@H](CC(C)C)NC(=O)[C@H](CCC(=O)O)NC(=O)CNC1=O. The number of carbonyl (C=O) groups is 16. The minimum Gasteiger partial charge on any atom is -0.481 e. The molecule has 0 aliphatic carbocycles. The van der Waals surface area contributed by atoms with Gasteiger partial charge in [-0.3, -0.25) is 76.7 Å². The molecule has 13 atom stereocenters. The highest BCUT2D eigenvalue weighted by Crippen LogP contribution is 2.23. The fraction of sp³-hybridized carbons (Fsp3) is 0.539. The summed E-state index contributed by atoms with van der Waals surface area (Å²) < 4.78 is 0. The smallest absolute Gasteiger partial charge is 0.305 e. The van der Waals surface area contributed by atoms with Crippen LogP contribution in [0.2, 0.25) is 0 Å². The summed E-state index contributed by atoms with van der Waals surface area (Å²) in [6.07, 6.45) is -0.215. The second-order valence-electron chi connectivity index (χ2n) is 30.7. The lowest BCUT2D eigenvalue weighted by molar-refractivity contribution is -0.141. The number of aliphatic hydroxyl groups excluding tert-OH is 1. The van der Waals surface area contributed by atoms with Crippen LogP contribution in [0.15, 0.2) is 73.4 Å². The number of aromatic nitrogens is 4. The van der Waals surface area contributed by atoms with E-state index in [4.69, 9.17) is 5.73 Å². The third-order valence-corrected chi connectivity index (χ3v) is 18.5. The number of para-hydroxylation sites is 2. The predicted molar refractivity (Wildman–Crippen MR) is 414 cm³/mol. The zero-order chi connectivity index (χ0) is 84.4. The van der Waals surface area contributed by atoms with E-state index < -0.39 is 217 Å². The van der Waals surface area contributed by atoms with Crippen molar-refractivity contribution in [1.29, 1.82) is 0 Å². The van der Waals surface area contributed by atoms with Gasteiger partial charge >= 0.3 is 11.9 Å². The number of amides is 14. The van der Waals surface area contributed by atoms with Gasteiger partial charge in [0, 0.05) is 78.2 Å². The molecule has 0 unspecified atom stereocenters. The van der Waals surface area contributed by atoms with Crippen LogP contribution < -0.4 is 80.2 Å². The number of hydrogen-bond acceptors (Lipinski definition) is 19. The first-order chi connectivity index (χ1) is 53.7. The van der Waals surface area contributed by atoms with Gasteiger partial charge in [-0.15, -0.1) is 0 Å². The largest absolute Gasteiger partial charge is 0.481 e. The lowest BCUT2D eigenvalue weighted by atomic mass is 9.98. The molecule has 5 aromatic rings. The molecule has 38 nitrogen and oxygen atoms in total. The van der Waals surface area contributed by atoms with E-state index in [1.807, 2.05) is 0 Å². The number of fused-ring (bicyclic) bond motifs is 2. The van der Waals surface area contributed by atoms with E-state index in [0.29, 0.717) is 32.9 Å². The van der Waals surface area contributed by atoms with E-state index in [0.717, 1.165) is 6.92 Å². The van der Waals surface area contributed by atoms with Gasteiger partial charge < -0.3 is 110 Å². The minimum atomic E-state index is -1.89. The average molecular weight is 1590 g/mol. The quantitative estimate of drug-likeness (QED) is 0.0332. The molecule has 6 rings (SSSR count). The van der Waals surface area contributed by atoms with Crippen LogP contribution in [-0.4, -0.2) is 227 Å². The number of primary amides is 1. The molecule has 0 saturated carbocycles. The number of nitrogens with zero attached hydrogens (tertiary/aromatic N) is 1. The highest BCUT2D eigenvalue weighted by Gasteiger charge is 2.39. The van der Waals surface area contributed by atoms with E-state index in [2.05, 4.69) is 94.4 Å². The molecule has 38 heteroatoms. The van der Waals surface area contributed by atoms with E-state index in [-0.39, 0.29) is 69.0 Å².